The fourth-order valence-corrected chi connectivity index (χ4v) is 1.69. The lowest BCUT2D eigenvalue weighted by Crippen LogP contribution is -2.29. The summed E-state index contributed by atoms with van der Waals surface area (Å²) in [5.41, 5.74) is 1.06. The average molecular weight is 222 g/mol. The Balaban J connectivity index is 2.01. The third-order valence-corrected chi connectivity index (χ3v) is 2.94. The molecule has 88 valence electrons. The first-order chi connectivity index (χ1) is 7.72. The van der Waals surface area contributed by atoms with E-state index in [1.165, 1.54) is 12.8 Å². The van der Waals surface area contributed by atoms with Crippen LogP contribution in [0.25, 0.3) is 0 Å². The van der Waals surface area contributed by atoms with Crippen molar-refractivity contribution >= 4 is 5.91 Å². The number of carbonyl (C=O) groups is 1. The van der Waals surface area contributed by atoms with Crippen molar-refractivity contribution < 1.29 is 4.79 Å². The van der Waals surface area contributed by atoms with E-state index in [1.54, 1.807) is 13.4 Å². The van der Waals surface area contributed by atoms with Crippen LogP contribution in [0.2, 0.25) is 0 Å². The van der Waals surface area contributed by atoms with Gasteiger partial charge in [0.25, 0.3) is 0 Å². The number of likely N-dealkylation sites (N-methyl/N-ethyl adjacent to an activating group) is 1. The van der Waals surface area contributed by atoms with Crippen LogP contribution in [0, 0.1) is 0 Å². The first-order valence-corrected chi connectivity index (χ1v) is 5.68. The van der Waals surface area contributed by atoms with Gasteiger partial charge in [-0.3, -0.25) is 4.79 Å². The first kappa shape index (κ1) is 11.1. The van der Waals surface area contributed by atoms with Crippen LogP contribution in [0.3, 0.4) is 0 Å². The van der Waals surface area contributed by atoms with Crippen molar-refractivity contribution in [1.82, 2.24) is 20.2 Å². The maximum Gasteiger partial charge on any atom is 0.242 e. The highest BCUT2D eigenvalue weighted by molar-refractivity contribution is 5.79. The number of amides is 1. The molecule has 0 aromatic carbocycles. The van der Waals surface area contributed by atoms with E-state index >= 15 is 0 Å². The van der Waals surface area contributed by atoms with E-state index in [1.807, 2.05) is 17.7 Å². The van der Waals surface area contributed by atoms with E-state index in [-0.39, 0.29) is 11.9 Å². The topological polar surface area (TPSA) is 59.0 Å². The standard InChI is InChI=1S/C11H18N4O/c1-8(11(16)12-2)15-7-13-5-10(15)6-14-9-3-4-9/h5,7-9,14H,3-4,6H2,1-2H3,(H,12,16). The molecule has 1 unspecified atom stereocenters. The minimum Gasteiger partial charge on any atom is -0.357 e. The van der Waals surface area contributed by atoms with Crippen LogP contribution in [0.4, 0.5) is 0 Å². The summed E-state index contributed by atoms with van der Waals surface area (Å²) < 4.78 is 1.91. The normalized spacial score (nSPS) is 17.1. The molecule has 1 atom stereocenters. The van der Waals surface area contributed by atoms with Crippen LogP contribution >= 0.6 is 0 Å². The quantitative estimate of drug-likeness (QED) is 0.760. The molecule has 1 aromatic rings. The predicted octanol–water partition coefficient (Wildman–Crippen LogP) is 0.442. The van der Waals surface area contributed by atoms with Gasteiger partial charge in [-0.05, 0) is 19.8 Å². The SMILES string of the molecule is CNC(=O)C(C)n1cncc1CNC1CC1. The van der Waals surface area contributed by atoms with Gasteiger partial charge in [0.15, 0.2) is 0 Å². The fraction of sp³-hybridized carbons (Fsp3) is 0.636. The monoisotopic (exact) mass is 222 g/mol. The van der Waals surface area contributed by atoms with Crippen molar-refractivity contribution in [3.05, 3.63) is 18.2 Å². The summed E-state index contributed by atoms with van der Waals surface area (Å²) in [5.74, 6) is 0.00525. The fourth-order valence-electron chi connectivity index (χ4n) is 1.69. The van der Waals surface area contributed by atoms with Gasteiger partial charge in [0.1, 0.15) is 6.04 Å². The molecule has 0 bridgehead atoms. The van der Waals surface area contributed by atoms with Crippen molar-refractivity contribution in [2.45, 2.75) is 38.4 Å². The zero-order chi connectivity index (χ0) is 11.5. The molecule has 1 fully saturated rings. The van der Waals surface area contributed by atoms with Gasteiger partial charge in [0, 0.05) is 25.8 Å². The Kier molecular flexibility index (Phi) is 3.24. The van der Waals surface area contributed by atoms with Crippen LogP contribution in [-0.2, 0) is 11.3 Å². The molecule has 0 radical (unpaired) electrons. The van der Waals surface area contributed by atoms with E-state index in [0.717, 1.165) is 12.2 Å². The Morgan fingerprint density at radius 2 is 2.44 bits per heavy atom. The molecule has 1 aliphatic rings. The number of hydrogen-bond donors (Lipinski definition) is 2. The number of hydrogen-bond acceptors (Lipinski definition) is 3. The van der Waals surface area contributed by atoms with Crippen LogP contribution in [-0.4, -0.2) is 28.5 Å². The highest BCUT2D eigenvalue weighted by atomic mass is 16.2. The Labute approximate surface area is 95.2 Å². The second-order valence-corrected chi connectivity index (χ2v) is 4.24. The molecule has 1 amide bonds. The third-order valence-electron chi connectivity index (χ3n) is 2.94. The largest absolute Gasteiger partial charge is 0.357 e. The van der Waals surface area contributed by atoms with Gasteiger partial charge >= 0.3 is 0 Å². The van der Waals surface area contributed by atoms with Gasteiger partial charge < -0.3 is 15.2 Å². The van der Waals surface area contributed by atoms with E-state index in [2.05, 4.69) is 15.6 Å². The van der Waals surface area contributed by atoms with Crippen molar-refractivity contribution in [3.63, 3.8) is 0 Å². The smallest absolute Gasteiger partial charge is 0.242 e. The molecule has 5 heteroatoms. The molecule has 0 aliphatic heterocycles. The summed E-state index contributed by atoms with van der Waals surface area (Å²) in [6.45, 7) is 2.66. The molecule has 5 nitrogen and oxygen atoms in total. The number of aromatic nitrogens is 2. The molecule has 0 saturated heterocycles. The molecule has 16 heavy (non-hydrogen) atoms. The summed E-state index contributed by atoms with van der Waals surface area (Å²) in [6.07, 6.45) is 6.05. The molecule has 0 spiro atoms. The van der Waals surface area contributed by atoms with Gasteiger partial charge in [-0.15, -0.1) is 0 Å². The lowest BCUT2D eigenvalue weighted by atomic mass is 10.3. The number of imidazole rings is 1. The average Bonchev–Trinajstić information content (AvgIpc) is 3.02. The van der Waals surface area contributed by atoms with Crippen molar-refractivity contribution in [2.24, 2.45) is 0 Å². The summed E-state index contributed by atoms with van der Waals surface area (Å²) in [5, 5.41) is 6.07. The van der Waals surface area contributed by atoms with E-state index in [0.29, 0.717) is 6.04 Å². The Morgan fingerprint density at radius 3 is 3.06 bits per heavy atom. The molecular formula is C11H18N4O. The number of nitrogens with zero attached hydrogens (tertiary/aromatic N) is 2. The second kappa shape index (κ2) is 4.65. The van der Waals surface area contributed by atoms with Crippen molar-refractivity contribution in [2.75, 3.05) is 7.05 Å². The maximum absolute atomic E-state index is 11.5. The van der Waals surface area contributed by atoms with Crippen LogP contribution in [0.1, 0.15) is 31.5 Å². The van der Waals surface area contributed by atoms with Crippen LogP contribution in [0.5, 0.6) is 0 Å². The zero-order valence-electron chi connectivity index (χ0n) is 9.73. The predicted molar refractivity (Wildman–Crippen MR) is 60.9 cm³/mol. The summed E-state index contributed by atoms with van der Waals surface area (Å²) >= 11 is 0. The summed E-state index contributed by atoms with van der Waals surface area (Å²) in [4.78, 5) is 15.6. The maximum atomic E-state index is 11.5. The van der Waals surface area contributed by atoms with Crippen molar-refractivity contribution in [1.29, 1.82) is 0 Å². The number of nitrogens with one attached hydrogen (secondary N) is 2. The lowest BCUT2D eigenvalue weighted by molar-refractivity contribution is -0.123. The number of rotatable bonds is 5. The molecule has 1 aliphatic carbocycles. The highest BCUT2D eigenvalue weighted by Gasteiger charge is 2.22. The van der Waals surface area contributed by atoms with Gasteiger partial charge in [0.05, 0.1) is 12.0 Å². The van der Waals surface area contributed by atoms with E-state index in [4.69, 9.17) is 0 Å². The summed E-state index contributed by atoms with van der Waals surface area (Å²) in [6, 6.07) is 0.460. The molecule has 2 rings (SSSR count). The second-order valence-electron chi connectivity index (χ2n) is 4.24. The van der Waals surface area contributed by atoms with E-state index in [9.17, 15) is 4.79 Å². The van der Waals surface area contributed by atoms with Crippen LogP contribution < -0.4 is 10.6 Å². The zero-order valence-corrected chi connectivity index (χ0v) is 9.73. The molecular weight excluding hydrogens is 204 g/mol. The molecule has 2 N–H and O–H groups in total. The molecule has 1 aromatic heterocycles. The third kappa shape index (κ3) is 2.41. The molecule has 1 heterocycles. The van der Waals surface area contributed by atoms with Gasteiger partial charge in [-0.25, -0.2) is 4.98 Å². The highest BCUT2D eigenvalue weighted by Crippen LogP contribution is 2.19. The Bertz CT molecular complexity index is 370. The van der Waals surface area contributed by atoms with Gasteiger partial charge in [0.2, 0.25) is 5.91 Å². The minimum atomic E-state index is -0.205. The lowest BCUT2D eigenvalue weighted by Gasteiger charge is -2.15. The van der Waals surface area contributed by atoms with E-state index < -0.39 is 0 Å². The number of carbonyl (C=O) groups excluding carboxylic acids is 1. The minimum absolute atomic E-state index is 0.00525. The summed E-state index contributed by atoms with van der Waals surface area (Å²) in [7, 11) is 1.65. The van der Waals surface area contributed by atoms with Crippen molar-refractivity contribution in [3.8, 4) is 0 Å². The first-order valence-electron chi connectivity index (χ1n) is 5.68. The van der Waals surface area contributed by atoms with Crippen LogP contribution in [0.15, 0.2) is 12.5 Å². The molecule has 1 saturated carbocycles. The van der Waals surface area contributed by atoms with Gasteiger partial charge in [-0.2, -0.15) is 0 Å². The Hall–Kier alpha value is -1.36. The van der Waals surface area contributed by atoms with Gasteiger partial charge in [-0.1, -0.05) is 0 Å². The Morgan fingerprint density at radius 1 is 1.69 bits per heavy atom.